The number of nitro benzene ring substituents is 1. The SMILES string of the molecule is C[C@H](Oc1ccc(N(C)S(C)(=O)=O)cc1)C(=O)Nc1cc([N+](=O)[O-])ccc1Cl. The van der Waals surface area contributed by atoms with Gasteiger partial charge >= 0.3 is 0 Å². The average molecular weight is 428 g/mol. The van der Waals surface area contributed by atoms with Gasteiger partial charge in [0.1, 0.15) is 5.75 Å². The van der Waals surface area contributed by atoms with Crippen molar-refractivity contribution < 1.29 is 22.9 Å². The Morgan fingerprint density at radius 2 is 1.86 bits per heavy atom. The van der Waals surface area contributed by atoms with E-state index in [1.54, 1.807) is 12.1 Å². The van der Waals surface area contributed by atoms with Crippen LogP contribution in [0, 0.1) is 10.1 Å². The highest BCUT2D eigenvalue weighted by Crippen LogP contribution is 2.27. The molecule has 1 N–H and O–H groups in total. The van der Waals surface area contributed by atoms with Crippen molar-refractivity contribution in [3.05, 3.63) is 57.6 Å². The number of halogens is 1. The molecule has 0 fully saturated rings. The van der Waals surface area contributed by atoms with Crippen LogP contribution in [0.3, 0.4) is 0 Å². The lowest BCUT2D eigenvalue weighted by Crippen LogP contribution is -2.30. The fourth-order valence-corrected chi connectivity index (χ4v) is 2.81. The lowest BCUT2D eigenvalue weighted by Gasteiger charge is -2.18. The van der Waals surface area contributed by atoms with Crippen molar-refractivity contribution >= 4 is 44.6 Å². The van der Waals surface area contributed by atoms with Crippen LogP contribution in [0.1, 0.15) is 6.92 Å². The van der Waals surface area contributed by atoms with Gasteiger partial charge in [0, 0.05) is 19.2 Å². The molecule has 1 amide bonds. The van der Waals surface area contributed by atoms with Crippen LogP contribution in [0.5, 0.6) is 5.75 Å². The molecular weight excluding hydrogens is 410 g/mol. The molecule has 2 aromatic rings. The summed E-state index contributed by atoms with van der Waals surface area (Å²) in [4.78, 5) is 22.6. The van der Waals surface area contributed by atoms with Crippen LogP contribution < -0.4 is 14.4 Å². The second-order valence-electron chi connectivity index (χ2n) is 5.89. The monoisotopic (exact) mass is 427 g/mol. The number of benzene rings is 2. The van der Waals surface area contributed by atoms with Gasteiger partial charge in [-0.15, -0.1) is 0 Å². The van der Waals surface area contributed by atoms with Crippen molar-refractivity contribution in [3.63, 3.8) is 0 Å². The minimum atomic E-state index is -3.39. The van der Waals surface area contributed by atoms with Crippen molar-refractivity contribution in [2.24, 2.45) is 0 Å². The lowest BCUT2D eigenvalue weighted by molar-refractivity contribution is -0.384. The number of carbonyl (C=O) groups is 1. The molecule has 0 saturated heterocycles. The fourth-order valence-electron chi connectivity index (χ4n) is 2.14. The molecule has 0 heterocycles. The maximum atomic E-state index is 12.3. The largest absolute Gasteiger partial charge is 0.481 e. The van der Waals surface area contributed by atoms with E-state index in [4.69, 9.17) is 16.3 Å². The topological polar surface area (TPSA) is 119 Å². The number of ether oxygens (including phenoxy) is 1. The van der Waals surface area contributed by atoms with E-state index in [9.17, 15) is 23.3 Å². The van der Waals surface area contributed by atoms with Crippen molar-refractivity contribution in [2.45, 2.75) is 13.0 Å². The number of nitro groups is 1. The molecule has 28 heavy (non-hydrogen) atoms. The average Bonchev–Trinajstić information content (AvgIpc) is 2.62. The summed E-state index contributed by atoms with van der Waals surface area (Å²) in [7, 11) is -1.96. The first kappa shape index (κ1) is 21.5. The fraction of sp³-hybridized carbons (Fsp3) is 0.235. The number of non-ortho nitro benzene ring substituents is 1. The van der Waals surface area contributed by atoms with Crippen molar-refractivity contribution in [3.8, 4) is 5.75 Å². The third-order valence-corrected chi connectivity index (χ3v) is 5.33. The van der Waals surface area contributed by atoms with Crippen LogP contribution in [0.15, 0.2) is 42.5 Å². The molecule has 0 spiro atoms. The van der Waals surface area contributed by atoms with Crippen molar-refractivity contribution in [2.75, 3.05) is 22.9 Å². The maximum Gasteiger partial charge on any atom is 0.271 e. The summed E-state index contributed by atoms with van der Waals surface area (Å²) < 4.78 is 29.7. The quantitative estimate of drug-likeness (QED) is 0.535. The summed E-state index contributed by atoms with van der Waals surface area (Å²) in [6.07, 6.45) is 0.150. The summed E-state index contributed by atoms with van der Waals surface area (Å²) in [6, 6.07) is 9.84. The molecule has 0 aromatic heterocycles. The van der Waals surface area contributed by atoms with E-state index in [-0.39, 0.29) is 16.4 Å². The van der Waals surface area contributed by atoms with Gasteiger partial charge in [-0.05, 0) is 37.3 Å². The van der Waals surface area contributed by atoms with E-state index in [0.717, 1.165) is 16.6 Å². The number of carbonyl (C=O) groups excluding carboxylic acids is 1. The number of anilines is 2. The van der Waals surface area contributed by atoms with E-state index >= 15 is 0 Å². The molecule has 0 aliphatic carbocycles. The Bertz CT molecular complexity index is 994. The third kappa shape index (κ3) is 5.33. The van der Waals surface area contributed by atoms with E-state index in [1.165, 1.54) is 38.2 Å². The van der Waals surface area contributed by atoms with Crippen LogP contribution in [-0.4, -0.2) is 38.7 Å². The number of nitrogens with zero attached hydrogens (tertiary/aromatic N) is 2. The molecule has 0 unspecified atom stereocenters. The summed E-state index contributed by atoms with van der Waals surface area (Å²) in [5, 5.41) is 13.5. The van der Waals surface area contributed by atoms with Crippen LogP contribution in [-0.2, 0) is 14.8 Å². The predicted molar refractivity (Wildman–Crippen MR) is 107 cm³/mol. The highest BCUT2D eigenvalue weighted by atomic mass is 35.5. The van der Waals surface area contributed by atoms with Crippen LogP contribution >= 0.6 is 11.6 Å². The Morgan fingerprint density at radius 3 is 2.39 bits per heavy atom. The lowest BCUT2D eigenvalue weighted by atomic mass is 10.2. The van der Waals surface area contributed by atoms with Gasteiger partial charge in [-0.1, -0.05) is 11.6 Å². The van der Waals surface area contributed by atoms with Crippen molar-refractivity contribution in [1.82, 2.24) is 0 Å². The second-order valence-corrected chi connectivity index (χ2v) is 8.32. The zero-order valence-corrected chi connectivity index (χ0v) is 16.8. The molecule has 0 aliphatic rings. The Kier molecular flexibility index (Phi) is 6.47. The molecule has 9 nitrogen and oxygen atoms in total. The van der Waals surface area contributed by atoms with E-state index in [0.29, 0.717) is 11.4 Å². The summed E-state index contributed by atoms with van der Waals surface area (Å²) in [6.45, 7) is 1.50. The molecule has 2 aromatic carbocycles. The molecule has 0 bridgehead atoms. The molecule has 11 heteroatoms. The molecule has 0 aliphatic heterocycles. The first-order valence-corrected chi connectivity index (χ1v) is 10.2. The summed E-state index contributed by atoms with van der Waals surface area (Å²) in [5.74, 6) is -0.210. The predicted octanol–water partition coefficient (Wildman–Crippen LogP) is 3.05. The number of hydrogen-bond donors (Lipinski definition) is 1. The maximum absolute atomic E-state index is 12.3. The number of amides is 1. The number of sulfonamides is 1. The molecule has 0 saturated carbocycles. The standard InChI is InChI=1S/C17H18ClN3O6S/c1-11(17(22)19-16-10-13(21(23)24)6-9-15(16)18)27-14-7-4-12(5-8-14)20(2)28(3,25)26/h4-11H,1-3H3,(H,19,22)/t11-/m0/s1. The molecular formula is C17H18ClN3O6S. The van der Waals surface area contributed by atoms with Gasteiger partial charge in [-0.25, -0.2) is 8.42 Å². The Balaban J connectivity index is 2.07. The van der Waals surface area contributed by atoms with Gasteiger partial charge in [0.2, 0.25) is 10.0 Å². The first-order valence-electron chi connectivity index (χ1n) is 7.94. The molecule has 150 valence electrons. The van der Waals surface area contributed by atoms with Gasteiger partial charge in [-0.3, -0.25) is 19.2 Å². The van der Waals surface area contributed by atoms with E-state index in [1.807, 2.05) is 0 Å². The molecule has 0 radical (unpaired) electrons. The summed E-state index contributed by atoms with van der Waals surface area (Å²) >= 11 is 5.96. The third-order valence-electron chi connectivity index (χ3n) is 3.80. The highest BCUT2D eigenvalue weighted by molar-refractivity contribution is 7.92. The highest BCUT2D eigenvalue weighted by Gasteiger charge is 2.18. The molecule has 1 atom stereocenters. The number of hydrogen-bond acceptors (Lipinski definition) is 6. The Morgan fingerprint density at radius 1 is 1.25 bits per heavy atom. The van der Waals surface area contributed by atoms with Crippen LogP contribution in [0.2, 0.25) is 5.02 Å². The minimum absolute atomic E-state index is 0.0986. The zero-order chi connectivity index (χ0) is 21.1. The van der Waals surface area contributed by atoms with Gasteiger partial charge in [0.15, 0.2) is 6.10 Å². The number of rotatable bonds is 7. The molecule has 2 rings (SSSR count). The second kappa shape index (κ2) is 8.44. The minimum Gasteiger partial charge on any atom is -0.481 e. The first-order chi connectivity index (χ1) is 13.0. The van der Waals surface area contributed by atoms with E-state index in [2.05, 4.69) is 5.32 Å². The van der Waals surface area contributed by atoms with Crippen LogP contribution in [0.4, 0.5) is 17.1 Å². The van der Waals surface area contributed by atoms with Crippen LogP contribution in [0.25, 0.3) is 0 Å². The normalized spacial score (nSPS) is 12.1. The Labute approximate surface area is 167 Å². The van der Waals surface area contributed by atoms with Crippen molar-refractivity contribution in [1.29, 1.82) is 0 Å². The summed E-state index contributed by atoms with van der Waals surface area (Å²) in [5.41, 5.74) is 0.329. The Hall–Kier alpha value is -2.85. The smallest absolute Gasteiger partial charge is 0.271 e. The van der Waals surface area contributed by atoms with Gasteiger partial charge in [0.05, 0.1) is 27.6 Å². The van der Waals surface area contributed by atoms with Gasteiger partial charge < -0.3 is 10.1 Å². The number of nitrogens with one attached hydrogen (secondary N) is 1. The zero-order valence-electron chi connectivity index (χ0n) is 15.2. The van der Waals surface area contributed by atoms with Gasteiger partial charge in [-0.2, -0.15) is 0 Å². The van der Waals surface area contributed by atoms with Gasteiger partial charge in [0.25, 0.3) is 11.6 Å². The van der Waals surface area contributed by atoms with E-state index < -0.39 is 27.0 Å².